The molecule has 0 bridgehead atoms. The van der Waals surface area contributed by atoms with Crippen LogP contribution >= 0.6 is 0 Å². The first-order valence-electron chi connectivity index (χ1n) is 6.91. The average Bonchev–Trinajstić information content (AvgIpc) is 2.48. The third-order valence-corrected chi connectivity index (χ3v) is 2.96. The molecular formula is C16H18FN3O. The lowest BCUT2D eigenvalue weighted by molar-refractivity contribution is 0.102. The number of nitrogens with one attached hydrogen (secondary N) is 2. The molecule has 110 valence electrons. The molecule has 0 atom stereocenters. The Labute approximate surface area is 123 Å². The van der Waals surface area contributed by atoms with Crippen LogP contribution in [0, 0.1) is 5.82 Å². The Morgan fingerprint density at radius 3 is 2.95 bits per heavy atom. The first-order valence-corrected chi connectivity index (χ1v) is 6.91. The molecule has 2 rings (SSSR count). The van der Waals surface area contributed by atoms with Crippen molar-refractivity contribution in [3.05, 3.63) is 59.7 Å². The van der Waals surface area contributed by atoms with Crippen molar-refractivity contribution in [3.8, 4) is 0 Å². The van der Waals surface area contributed by atoms with Gasteiger partial charge < -0.3 is 10.6 Å². The minimum absolute atomic E-state index is 0.0143. The number of hydrogen-bond donors (Lipinski definition) is 2. The van der Waals surface area contributed by atoms with E-state index in [0.29, 0.717) is 5.69 Å². The SMILES string of the molecule is CCCNCc1cccc(NC(=O)c2ccncc2F)c1. The quantitative estimate of drug-likeness (QED) is 0.803. The van der Waals surface area contributed by atoms with Crippen LogP contribution in [0.5, 0.6) is 0 Å². The maximum Gasteiger partial charge on any atom is 0.258 e. The molecule has 0 aliphatic rings. The number of amides is 1. The van der Waals surface area contributed by atoms with Gasteiger partial charge in [0.05, 0.1) is 11.8 Å². The maximum absolute atomic E-state index is 13.5. The second-order valence-electron chi connectivity index (χ2n) is 4.69. The lowest BCUT2D eigenvalue weighted by Crippen LogP contribution is -2.15. The third kappa shape index (κ3) is 4.36. The van der Waals surface area contributed by atoms with E-state index < -0.39 is 11.7 Å². The predicted octanol–water partition coefficient (Wildman–Crippen LogP) is 2.97. The van der Waals surface area contributed by atoms with Gasteiger partial charge in [0, 0.05) is 18.4 Å². The standard InChI is InChI=1S/C16H18FN3O/c1-2-7-18-10-12-4-3-5-13(9-12)20-16(21)14-6-8-19-11-15(14)17/h3-6,8-9,11,18H,2,7,10H2,1H3,(H,20,21). The summed E-state index contributed by atoms with van der Waals surface area (Å²) < 4.78 is 13.5. The van der Waals surface area contributed by atoms with Gasteiger partial charge in [-0.15, -0.1) is 0 Å². The number of carbonyl (C=O) groups excluding carboxylic acids is 1. The largest absolute Gasteiger partial charge is 0.322 e. The molecule has 4 nitrogen and oxygen atoms in total. The van der Waals surface area contributed by atoms with Crippen molar-refractivity contribution in [3.63, 3.8) is 0 Å². The van der Waals surface area contributed by atoms with Gasteiger partial charge in [-0.3, -0.25) is 9.78 Å². The number of pyridine rings is 1. The van der Waals surface area contributed by atoms with Crippen LogP contribution in [-0.2, 0) is 6.54 Å². The summed E-state index contributed by atoms with van der Waals surface area (Å²) in [4.78, 5) is 15.6. The third-order valence-electron chi connectivity index (χ3n) is 2.96. The molecule has 1 amide bonds. The monoisotopic (exact) mass is 287 g/mol. The van der Waals surface area contributed by atoms with Crippen LogP contribution in [0.3, 0.4) is 0 Å². The molecule has 0 aliphatic heterocycles. The predicted molar refractivity (Wildman–Crippen MR) is 80.6 cm³/mol. The van der Waals surface area contributed by atoms with Crippen LogP contribution in [-0.4, -0.2) is 17.4 Å². The molecule has 0 saturated carbocycles. The smallest absolute Gasteiger partial charge is 0.258 e. The minimum atomic E-state index is -0.629. The van der Waals surface area contributed by atoms with Crippen LogP contribution in [0.4, 0.5) is 10.1 Å². The van der Waals surface area contributed by atoms with E-state index in [9.17, 15) is 9.18 Å². The fourth-order valence-corrected chi connectivity index (χ4v) is 1.93. The molecule has 2 aromatic rings. The van der Waals surface area contributed by atoms with Crippen molar-refractivity contribution in [2.75, 3.05) is 11.9 Å². The number of halogens is 1. The fraction of sp³-hybridized carbons (Fsp3) is 0.250. The van der Waals surface area contributed by atoms with Gasteiger partial charge in [-0.25, -0.2) is 4.39 Å². The lowest BCUT2D eigenvalue weighted by atomic mass is 10.2. The van der Waals surface area contributed by atoms with E-state index in [1.165, 1.54) is 12.3 Å². The normalized spacial score (nSPS) is 10.4. The molecule has 1 aromatic heterocycles. The highest BCUT2D eigenvalue weighted by molar-refractivity contribution is 6.04. The van der Waals surface area contributed by atoms with Gasteiger partial charge in [0.25, 0.3) is 5.91 Å². The van der Waals surface area contributed by atoms with E-state index in [1.807, 2.05) is 18.2 Å². The molecule has 0 spiro atoms. The summed E-state index contributed by atoms with van der Waals surface area (Å²) in [5.41, 5.74) is 1.70. The van der Waals surface area contributed by atoms with Gasteiger partial charge in [0.15, 0.2) is 5.82 Å². The fourth-order valence-electron chi connectivity index (χ4n) is 1.93. The molecule has 5 heteroatoms. The molecule has 21 heavy (non-hydrogen) atoms. The lowest BCUT2D eigenvalue weighted by Gasteiger charge is -2.08. The molecule has 0 aliphatic carbocycles. The first kappa shape index (κ1) is 15.1. The van der Waals surface area contributed by atoms with Gasteiger partial charge in [-0.2, -0.15) is 0 Å². The van der Waals surface area contributed by atoms with E-state index >= 15 is 0 Å². The van der Waals surface area contributed by atoms with E-state index in [1.54, 1.807) is 6.07 Å². The Morgan fingerprint density at radius 1 is 1.33 bits per heavy atom. The van der Waals surface area contributed by atoms with Crippen LogP contribution < -0.4 is 10.6 Å². The summed E-state index contributed by atoms with van der Waals surface area (Å²) >= 11 is 0. The van der Waals surface area contributed by atoms with Crippen LogP contribution in [0.1, 0.15) is 29.3 Å². The van der Waals surface area contributed by atoms with Gasteiger partial charge in [-0.05, 0) is 36.7 Å². The number of aromatic nitrogens is 1. The summed E-state index contributed by atoms with van der Waals surface area (Å²) in [5, 5.41) is 5.99. The van der Waals surface area contributed by atoms with Crippen molar-refractivity contribution >= 4 is 11.6 Å². The van der Waals surface area contributed by atoms with E-state index in [0.717, 1.165) is 31.3 Å². The Hall–Kier alpha value is -2.27. The number of nitrogens with zero attached hydrogens (tertiary/aromatic N) is 1. The number of rotatable bonds is 6. The second-order valence-corrected chi connectivity index (χ2v) is 4.69. The van der Waals surface area contributed by atoms with Crippen molar-refractivity contribution in [1.82, 2.24) is 10.3 Å². The molecule has 0 saturated heterocycles. The first-order chi connectivity index (χ1) is 10.2. The Bertz CT molecular complexity index is 616. The van der Waals surface area contributed by atoms with Crippen molar-refractivity contribution in [1.29, 1.82) is 0 Å². The average molecular weight is 287 g/mol. The Morgan fingerprint density at radius 2 is 2.19 bits per heavy atom. The zero-order chi connectivity index (χ0) is 15.1. The summed E-state index contributed by atoms with van der Waals surface area (Å²) in [6.07, 6.45) is 3.49. The second kappa shape index (κ2) is 7.50. The summed E-state index contributed by atoms with van der Waals surface area (Å²) in [5.74, 6) is -1.11. The molecule has 0 unspecified atom stereocenters. The van der Waals surface area contributed by atoms with Gasteiger partial charge in [0.1, 0.15) is 0 Å². The van der Waals surface area contributed by atoms with Crippen molar-refractivity contribution in [2.45, 2.75) is 19.9 Å². The van der Waals surface area contributed by atoms with Crippen LogP contribution in [0.15, 0.2) is 42.7 Å². The van der Waals surface area contributed by atoms with E-state index in [-0.39, 0.29) is 5.56 Å². The van der Waals surface area contributed by atoms with Crippen LogP contribution in [0.2, 0.25) is 0 Å². The zero-order valence-electron chi connectivity index (χ0n) is 11.9. The highest BCUT2D eigenvalue weighted by atomic mass is 19.1. The molecule has 0 fully saturated rings. The summed E-state index contributed by atoms with van der Waals surface area (Å²) in [6, 6.07) is 8.85. The Kier molecular flexibility index (Phi) is 5.40. The molecule has 0 radical (unpaired) electrons. The van der Waals surface area contributed by atoms with Crippen molar-refractivity contribution in [2.24, 2.45) is 0 Å². The highest BCUT2D eigenvalue weighted by Crippen LogP contribution is 2.13. The highest BCUT2D eigenvalue weighted by Gasteiger charge is 2.11. The van der Waals surface area contributed by atoms with E-state index in [2.05, 4.69) is 22.5 Å². The molecule has 2 N–H and O–H groups in total. The van der Waals surface area contributed by atoms with Gasteiger partial charge in [0.2, 0.25) is 0 Å². The molecular weight excluding hydrogens is 269 g/mol. The van der Waals surface area contributed by atoms with Crippen LogP contribution in [0.25, 0.3) is 0 Å². The van der Waals surface area contributed by atoms with Crippen molar-refractivity contribution < 1.29 is 9.18 Å². The summed E-state index contributed by atoms with van der Waals surface area (Å²) in [6.45, 7) is 3.78. The number of benzene rings is 1. The molecule has 1 aromatic carbocycles. The van der Waals surface area contributed by atoms with E-state index in [4.69, 9.17) is 0 Å². The minimum Gasteiger partial charge on any atom is -0.322 e. The number of carbonyl (C=O) groups is 1. The Balaban J connectivity index is 2.04. The van der Waals surface area contributed by atoms with Gasteiger partial charge in [-0.1, -0.05) is 19.1 Å². The zero-order valence-corrected chi connectivity index (χ0v) is 11.9. The number of hydrogen-bond acceptors (Lipinski definition) is 3. The van der Waals surface area contributed by atoms with Gasteiger partial charge >= 0.3 is 0 Å². The summed E-state index contributed by atoms with van der Waals surface area (Å²) in [7, 11) is 0. The number of anilines is 1. The molecule has 1 heterocycles. The topological polar surface area (TPSA) is 54.0 Å². The maximum atomic E-state index is 13.5.